The number of imidazole rings is 1. The van der Waals surface area contributed by atoms with Crippen LogP contribution in [0.5, 0.6) is 5.75 Å². The van der Waals surface area contributed by atoms with Crippen molar-refractivity contribution >= 4 is 32.9 Å². The Morgan fingerprint density at radius 1 is 1.24 bits per heavy atom. The first-order valence-corrected chi connectivity index (χ1v) is 8.92. The number of H-pyrrole nitrogens is 1. The number of rotatable bonds is 6. The number of halogens is 1. The number of nitrogens with one attached hydrogen (secondary N) is 1. The van der Waals surface area contributed by atoms with Crippen molar-refractivity contribution in [1.29, 1.82) is 0 Å². The number of hydrogen-bond acceptors (Lipinski definition) is 4. The minimum atomic E-state index is -0.371. The molecule has 0 amide bonds. The molecule has 3 rings (SSSR count). The molecule has 0 aliphatic carbocycles. The molecule has 1 heterocycles. The predicted octanol–water partition coefficient (Wildman–Crippen LogP) is 4.96. The van der Waals surface area contributed by atoms with Crippen LogP contribution in [0, 0.1) is 0 Å². The smallest absolute Gasteiger partial charge is 0.337 e. The molecule has 5 nitrogen and oxygen atoms in total. The Labute approximate surface area is 154 Å². The standard InChI is InChI=1S/C19H19BrN2O3/c1-3-4-9-25-17-8-6-13(20)11-14(17)18-21-15-7-5-12(19(23)24-2)10-16(15)22-18/h5-8,10-11H,3-4,9H2,1-2H3,(H,21,22). The fourth-order valence-corrected chi connectivity index (χ4v) is 2.88. The van der Waals surface area contributed by atoms with E-state index in [0.29, 0.717) is 18.0 Å². The summed E-state index contributed by atoms with van der Waals surface area (Å²) >= 11 is 3.50. The molecule has 25 heavy (non-hydrogen) atoms. The normalized spacial score (nSPS) is 10.8. The SMILES string of the molecule is CCCCOc1ccc(Br)cc1-c1nc2ccc(C(=O)OC)cc2[nH]1. The van der Waals surface area contributed by atoms with E-state index in [2.05, 4.69) is 32.8 Å². The van der Waals surface area contributed by atoms with Gasteiger partial charge in [0, 0.05) is 4.47 Å². The molecule has 0 aliphatic rings. The van der Waals surface area contributed by atoms with Crippen molar-refractivity contribution in [2.45, 2.75) is 19.8 Å². The molecule has 130 valence electrons. The first-order valence-electron chi connectivity index (χ1n) is 8.13. The molecule has 2 aromatic carbocycles. The first-order chi connectivity index (χ1) is 12.1. The van der Waals surface area contributed by atoms with Crippen molar-refractivity contribution in [1.82, 2.24) is 9.97 Å². The zero-order valence-corrected chi connectivity index (χ0v) is 15.7. The molecule has 6 heteroatoms. The lowest BCUT2D eigenvalue weighted by molar-refractivity contribution is 0.0601. The molecule has 0 fully saturated rings. The number of carbonyl (C=O) groups excluding carboxylic acids is 1. The fraction of sp³-hybridized carbons (Fsp3) is 0.263. The van der Waals surface area contributed by atoms with Crippen LogP contribution in [0.3, 0.4) is 0 Å². The highest BCUT2D eigenvalue weighted by Gasteiger charge is 2.14. The molecule has 3 aromatic rings. The van der Waals surface area contributed by atoms with Crippen LogP contribution in [0.1, 0.15) is 30.1 Å². The first kappa shape index (κ1) is 17.5. The van der Waals surface area contributed by atoms with Gasteiger partial charge < -0.3 is 14.5 Å². The van der Waals surface area contributed by atoms with Gasteiger partial charge >= 0.3 is 5.97 Å². The van der Waals surface area contributed by atoms with Gasteiger partial charge in [0.1, 0.15) is 11.6 Å². The number of esters is 1. The molecule has 0 radical (unpaired) electrons. The highest BCUT2D eigenvalue weighted by molar-refractivity contribution is 9.10. The largest absolute Gasteiger partial charge is 0.493 e. The molecular formula is C19H19BrN2O3. The van der Waals surface area contributed by atoms with Gasteiger partial charge in [-0.3, -0.25) is 0 Å². The van der Waals surface area contributed by atoms with Crippen LogP contribution in [0.2, 0.25) is 0 Å². The minimum absolute atomic E-state index is 0.371. The number of methoxy groups -OCH3 is 1. The summed E-state index contributed by atoms with van der Waals surface area (Å²) in [6.45, 7) is 2.79. The highest BCUT2D eigenvalue weighted by Crippen LogP contribution is 2.32. The molecule has 1 aromatic heterocycles. The third kappa shape index (κ3) is 3.85. The third-order valence-electron chi connectivity index (χ3n) is 3.86. The maximum atomic E-state index is 11.7. The number of carbonyl (C=O) groups is 1. The summed E-state index contributed by atoms with van der Waals surface area (Å²) in [4.78, 5) is 19.6. The average molecular weight is 403 g/mol. The molecular weight excluding hydrogens is 384 g/mol. The summed E-state index contributed by atoms with van der Waals surface area (Å²) < 4.78 is 11.6. The van der Waals surface area contributed by atoms with Crippen LogP contribution in [-0.4, -0.2) is 29.7 Å². The predicted molar refractivity (Wildman–Crippen MR) is 101 cm³/mol. The van der Waals surface area contributed by atoms with Crippen LogP contribution >= 0.6 is 15.9 Å². The van der Waals surface area contributed by atoms with Crippen molar-refractivity contribution in [2.24, 2.45) is 0 Å². The van der Waals surface area contributed by atoms with E-state index in [1.807, 2.05) is 18.2 Å². The quantitative estimate of drug-likeness (QED) is 0.467. The second-order valence-corrected chi connectivity index (χ2v) is 6.57. The van der Waals surface area contributed by atoms with E-state index >= 15 is 0 Å². The summed E-state index contributed by atoms with van der Waals surface area (Å²) in [7, 11) is 1.37. The van der Waals surface area contributed by atoms with Crippen LogP contribution in [-0.2, 0) is 4.74 Å². The van der Waals surface area contributed by atoms with Gasteiger partial charge in [-0.1, -0.05) is 29.3 Å². The number of benzene rings is 2. The minimum Gasteiger partial charge on any atom is -0.493 e. The molecule has 0 aliphatic heterocycles. The number of unbranched alkanes of at least 4 members (excludes halogenated alkanes) is 1. The van der Waals surface area contributed by atoms with Gasteiger partial charge in [-0.2, -0.15) is 0 Å². The second kappa shape index (κ2) is 7.70. The number of hydrogen-bond donors (Lipinski definition) is 1. The summed E-state index contributed by atoms with van der Waals surface area (Å²) in [6.07, 6.45) is 2.07. The van der Waals surface area contributed by atoms with Crippen LogP contribution < -0.4 is 4.74 Å². The molecule has 0 atom stereocenters. The molecule has 0 saturated carbocycles. The van der Waals surface area contributed by atoms with Gasteiger partial charge in [0.2, 0.25) is 0 Å². The van der Waals surface area contributed by atoms with Crippen LogP contribution in [0.15, 0.2) is 40.9 Å². The lowest BCUT2D eigenvalue weighted by Gasteiger charge is -2.10. The van der Waals surface area contributed by atoms with Gasteiger partial charge in [-0.25, -0.2) is 9.78 Å². The Balaban J connectivity index is 2.00. The van der Waals surface area contributed by atoms with Crippen molar-refractivity contribution in [3.05, 3.63) is 46.4 Å². The second-order valence-electron chi connectivity index (χ2n) is 5.65. The fourth-order valence-electron chi connectivity index (χ4n) is 2.52. The maximum absolute atomic E-state index is 11.7. The number of ether oxygens (including phenoxy) is 2. The summed E-state index contributed by atoms with van der Waals surface area (Å²) in [5.41, 5.74) is 2.92. The Hall–Kier alpha value is -2.34. The molecule has 0 saturated heterocycles. The van der Waals surface area contributed by atoms with Crippen molar-refractivity contribution in [3.8, 4) is 17.1 Å². The molecule has 0 unspecified atom stereocenters. The van der Waals surface area contributed by atoms with Gasteiger partial charge in [0.05, 0.1) is 35.9 Å². The van der Waals surface area contributed by atoms with E-state index in [1.54, 1.807) is 18.2 Å². The summed E-state index contributed by atoms with van der Waals surface area (Å²) in [6, 6.07) is 11.1. The number of aromatic amines is 1. The molecule has 0 bridgehead atoms. The Bertz CT molecular complexity index is 905. The van der Waals surface area contributed by atoms with Gasteiger partial charge in [0.25, 0.3) is 0 Å². The van der Waals surface area contributed by atoms with E-state index in [0.717, 1.165) is 39.7 Å². The van der Waals surface area contributed by atoms with Crippen molar-refractivity contribution in [2.75, 3.05) is 13.7 Å². The Morgan fingerprint density at radius 3 is 2.84 bits per heavy atom. The van der Waals surface area contributed by atoms with Crippen molar-refractivity contribution in [3.63, 3.8) is 0 Å². The number of aromatic nitrogens is 2. The van der Waals surface area contributed by atoms with E-state index in [4.69, 9.17) is 9.47 Å². The number of nitrogens with zero attached hydrogens (tertiary/aromatic N) is 1. The number of fused-ring (bicyclic) bond motifs is 1. The van der Waals surface area contributed by atoms with Gasteiger partial charge in [-0.15, -0.1) is 0 Å². The topological polar surface area (TPSA) is 64.2 Å². The van der Waals surface area contributed by atoms with Gasteiger partial charge in [-0.05, 0) is 42.8 Å². The summed E-state index contributed by atoms with van der Waals surface area (Å²) in [5.74, 6) is 1.11. The Morgan fingerprint density at radius 2 is 2.08 bits per heavy atom. The lowest BCUT2D eigenvalue weighted by Crippen LogP contribution is -2.00. The summed E-state index contributed by atoms with van der Waals surface area (Å²) in [5, 5.41) is 0. The molecule has 1 N–H and O–H groups in total. The van der Waals surface area contributed by atoms with E-state index < -0.39 is 0 Å². The van der Waals surface area contributed by atoms with E-state index in [1.165, 1.54) is 7.11 Å². The Kier molecular flexibility index (Phi) is 5.38. The third-order valence-corrected chi connectivity index (χ3v) is 4.35. The zero-order valence-electron chi connectivity index (χ0n) is 14.1. The highest BCUT2D eigenvalue weighted by atomic mass is 79.9. The maximum Gasteiger partial charge on any atom is 0.337 e. The van der Waals surface area contributed by atoms with Crippen LogP contribution in [0.25, 0.3) is 22.4 Å². The lowest BCUT2D eigenvalue weighted by atomic mass is 10.2. The van der Waals surface area contributed by atoms with E-state index in [-0.39, 0.29) is 5.97 Å². The van der Waals surface area contributed by atoms with Gasteiger partial charge in [0.15, 0.2) is 0 Å². The monoisotopic (exact) mass is 402 g/mol. The zero-order chi connectivity index (χ0) is 17.8. The average Bonchev–Trinajstić information content (AvgIpc) is 3.05. The molecule has 0 spiro atoms. The van der Waals surface area contributed by atoms with Crippen LogP contribution in [0.4, 0.5) is 0 Å². The van der Waals surface area contributed by atoms with E-state index in [9.17, 15) is 4.79 Å². The van der Waals surface area contributed by atoms with Crippen molar-refractivity contribution < 1.29 is 14.3 Å².